The van der Waals surface area contributed by atoms with E-state index in [-0.39, 0.29) is 29.1 Å². The summed E-state index contributed by atoms with van der Waals surface area (Å²) in [5, 5.41) is 7.76. The van der Waals surface area contributed by atoms with Gasteiger partial charge in [-0.1, -0.05) is 12.1 Å². The summed E-state index contributed by atoms with van der Waals surface area (Å²) in [5.74, 6) is -0.292. The van der Waals surface area contributed by atoms with E-state index in [1.807, 2.05) is 11.9 Å². The fourth-order valence-corrected chi connectivity index (χ4v) is 3.31. The van der Waals surface area contributed by atoms with E-state index in [4.69, 9.17) is 9.88 Å². The van der Waals surface area contributed by atoms with E-state index in [1.165, 1.54) is 12.1 Å². The van der Waals surface area contributed by atoms with Crippen LogP contribution in [0.5, 0.6) is 0 Å². The minimum absolute atomic E-state index is 0.0911. The van der Waals surface area contributed by atoms with Gasteiger partial charge in [0.2, 0.25) is 15.9 Å². The van der Waals surface area contributed by atoms with Gasteiger partial charge in [-0.3, -0.25) is 9.69 Å². The highest BCUT2D eigenvalue weighted by Crippen LogP contribution is 2.19. The molecule has 23 heavy (non-hydrogen) atoms. The van der Waals surface area contributed by atoms with Crippen LogP contribution in [0, 0.1) is 0 Å². The Morgan fingerprint density at radius 1 is 1.39 bits per heavy atom. The van der Waals surface area contributed by atoms with Crippen LogP contribution < -0.4 is 10.5 Å². The average Bonchev–Trinajstić information content (AvgIpc) is 2.47. The monoisotopic (exact) mass is 341 g/mol. The highest BCUT2D eigenvalue weighted by molar-refractivity contribution is 7.89. The predicted molar refractivity (Wildman–Crippen MR) is 87.5 cm³/mol. The van der Waals surface area contributed by atoms with Crippen molar-refractivity contribution >= 4 is 21.6 Å². The number of hydrogen-bond donors (Lipinski definition) is 2. The van der Waals surface area contributed by atoms with E-state index >= 15 is 0 Å². The summed E-state index contributed by atoms with van der Waals surface area (Å²) < 4.78 is 28.7. The molecule has 2 rings (SSSR count). The molecule has 1 fully saturated rings. The number of nitrogens with zero attached hydrogens (tertiary/aromatic N) is 1. The van der Waals surface area contributed by atoms with Crippen molar-refractivity contribution in [2.45, 2.75) is 30.3 Å². The number of carbonyl (C=O) groups is 1. The van der Waals surface area contributed by atoms with Crippen LogP contribution in [0.4, 0.5) is 5.69 Å². The first-order valence-electron chi connectivity index (χ1n) is 7.58. The topological polar surface area (TPSA) is 102 Å². The third-order valence-electron chi connectivity index (χ3n) is 3.67. The van der Waals surface area contributed by atoms with E-state index in [2.05, 4.69) is 5.32 Å². The molecule has 1 atom stereocenters. The standard InChI is InChI=1S/C15H23N3O4S/c1-18(10-12-6-4-5-9-22-12)11-15(19)17-13-7-2-3-8-14(13)23(16,20)21/h2-3,7-8,12H,4-6,9-11H2,1H3,(H,17,19)(H2,16,20,21)/t12-/m1/s1. The first-order valence-corrected chi connectivity index (χ1v) is 9.13. The first kappa shape index (κ1) is 17.9. The number of sulfonamides is 1. The number of rotatable bonds is 6. The number of anilines is 1. The lowest BCUT2D eigenvalue weighted by atomic mass is 10.1. The van der Waals surface area contributed by atoms with E-state index < -0.39 is 10.0 Å². The Hall–Kier alpha value is -1.48. The van der Waals surface area contributed by atoms with Crippen LogP contribution in [0.2, 0.25) is 0 Å². The van der Waals surface area contributed by atoms with Crippen LogP contribution in [0.3, 0.4) is 0 Å². The molecular weight excluding hydrogens is 318 g/mol. The zero-order valence-corrected chi connectivity index (χ0v) is 14.0. The van der Waals surface area contributed by atoms with Crippen molar-refractivity contribution in [1.82, 2.24) is 4.90 Å². The summed E-state index contributed by atoms with van der Waals surface area (Å²) in [7, 11) is -2.04. The molecule has 0 bridgehead atoms. The number of carbonyl (C=O) groups excluding carboxylic acids is 1. The van der Waals surface area contributed by atoms with Gasteiger partial charge in [0, 0.05) is 13.2 Å². The Morgan fingerprint density at radius 2 is 2.13 bits per heavy atom. The van der Waals surface area contributed by atoms with Gasteiger partial charge in [0.15, 0.2) is 0 Å². The second-order valence-electron chi connectivity index (χ2n) is 5.77. The summed E-state index contributed by atoms with van der Waals surface area (Å²) in [4.78, 5) is 13.9. The molecule has 128 valence electrons. The van der Waals surface area contributed by atoms with Crippen LogP contribution in [-0.2, 0) is 19.6 Å². The zero-order valence-electron chi connectivity index (χ0n) is 13.2. The van der Waals surface area contributed by atoms with E-state index in [0.29, 0.717) is 6.54 Å². The van der Waals surface area contributed by atoms with E-state index in [9.17, 15) is 13.2 Å². The molecule has 0 aliphatic carbocycles. The quantitative estimate of drug-likeness (QED) is 0.796. The molecule has 0 radical (unpaired) electrons. The van der Waals surface area contributed by atoms with Gasteiger partial charge in [0.05, 0.1) is 18.3 Å². The van der Waals surface area contributed by atoms with Gasteiger partial charge in [-0.05, 0) is 38.4 Å². The molecule has 1 saturated heterocycles. The number of nitrogens with one attached hydrogen (secondary N) is 1. The van der Waals surface area contributed by atoms with Gasteiger partial charge in [-0.15, -0.1) is 0 Å². The summed E-state index contributed by atoms with van der Waals surface area (Å²) in [5.41, 5.74) is 0.197. The second-order valence-corrected chi connectivity index (χ2v) is 7.30. The second kappa shape index (κ2) is 7.87. The molecule has 1 aromatic carbocycles. The first-order chi connectivity index (χ1) is 10.9. The molecule has 1 aromatic rings. The highest BCUT2D eigenvalue weighted by Gasteiger charge is 2.19. The molecule has 7 nitrogen and oxygen atoms in total. The van der Waals surface area contributed by atoms with Crippen LogP contribution in [0.1, 0.15) is 19.3 Å². The number of ether oxygens (including phenoxy) is 1. The summed E-state index contributed by atoms with van der Waals surface area (Å²) in [6.45, 7) is 1.59. The SMILES string of the molecule is CN(CC(=O)Nc1ccccc1S(N)(=O)=O)C[C@H]1CCCCO1. The van der Waals surface area contributed by atoms with E-state index in [0.717, 1.165) is 25.9 Å². The molecule has 8 heteroatoms. The Kier molecular flexibility index (Phi) is 6.11. The average molecular weight is 341 g/mol. The van der Waals surface area contributed by atoms with Crippen molar-refractivity contribution in [1.29, 1.82) is 0 Å². The van der Waals surface area contributed by atoms with Crippen molar-refractivity contribution < 1.29 is 17.9 Å². The van der Waals surface area contributed by atoms with Crippen molar-refractivity contribution in [2.24, 2.45) is 5.14 Å². The minimum Gasteiger partial charge on any atom is -0.377 e. The molecule has 3 N–H and O–H groups in total. The van der Waals surface area contributed by atoms with Gasteiger partial charge < -0.3 is 10.1 Å². The Morgan fingerprint density at radius 3 is 2.78 bits per heavy atom. The minimum atomic E-state index is -3.88. The molecular formula is C15H23N3O4S. The largest absolute Gasteiger partial charge is 0.377 e. The molecule has 0 unspecified atom stereocenters. The van der Waals surface area contributed by atoms with Crippen LogP contribution >= 0.6 is 0 Å². The molecule has 1 amide bonds. The lowest BCUT2D eigenvalue weighted by molar-refractivity contribution is -0.117. The molecule has 1 heterocycles. The third-order valence-corrected chi connectivity index (χ3v) is 4.64. The number of nitrogens with two attached hydrogens (primary N) is 1. The van der Waals surface area contributed by atoms with Crippen molar-refractivity contribution in [2.75, 3.05) is 32.1 Å². The molecule has 0 saturated carbocycles. The molecule has 0 aromatic heterocycles. The van der Waals surface area contributed by atoms with Gasteiger partial charge in [-0.2, -0.15) is 0 Å². The lowest BCUT2D eigenvalue weighted by Gasteiger charge is -2.27. The van der Waals surface area contributed by atoms with Crippen LogP contribution in [0.25, 0.3) is 0 Å². The fourth-order valence-electron chi connectivity index (χ4n) is 2.62. The number of hydrogen-bond acceptors (Lipinski definition) is 5. The number of likely N-dealkylation sites (N-methyl/N-ethyl adjacent to an activating group) is 1. The van der Waals surface area contributed by atoms with Crippen molar-refractivity contribution in [3.63, 3.8) is 0 Å². The molecule has 1 aliphatic rings. The van der Waals surface area contributed by atoms with E-state index in [1.54, 1.807) is 12.1 Å². The Bertz CT molecular complexity index is 642. The highest BCUT2D eigenvalue weighted by atomic mass is 32.2. The number of benzene rings is 1. The maximum absolute atomic E-state index is 12.1. The molecule has 1 aliphatic heterocycles. The number of amides is 1. The fraction of sp³-hybridized carbons (Fsp3) is 0.533. The van der Waals surface area contributed by atoms with Crippen molar-refractivity contribution in [3.05, 3.63) is 24.3 Å². The summed E-state index contributed by atoms with van der Waals surface area (Å²) >= 11 is 0. The molecule has 0 spiro atoms. The number of primary sulfonamides is 1. The Labute approximate surface area is 136 Å². The summed E-state index contributed by atoms with van der Waals surface area (Å²) in [6, 6.07) is 6.08. The predicted octanol–water partition coefficient (Wildman–Crippen LogP) is 0.773. The summed E-state index contributed by atoms with van der Waals surface area (Å²) in [6.07, 6.45) is 3.38. The maximum atomic E-state index is 12.1. The normalized spacial score (nSPS) is 18.8. The van der Waals surface area contributed by atoms with Crippen LogP contribution in [0.15, 0.2) is 29.2 Å². The zero-order chi connectivity index (χ0) is 16.9. The van der Waals surface area contributed by atoms with Gasteiger partial charge in [-0.25, -0.2) is 13.6 Å². The van der Waals surface area contributed by atoms with Gasteiger partial charge in [0.1, 0.15) is 4.90 Å². The van der Waals surface area contributed by atoms with Crippen molar-refractivity contribution in [3.8, 4) is 0 Å². The smallest absolute Gasteiger partial charge is 0.240 e. The Balaban J connectivity index is 1.92. The number of para-hydroxylation sites is 1. The lowest BCUT2D eigenvalue weighted by Crippen LogP contribution is -2.38. The third kappa shape index (κ3) is 5.58. The van der Waals surface area contributed by atoms with Crippen LogP contribution in [-0.4, -0.2) is 52.1 Å². The van der Waals surface area contributed by atoms with Gasteiger partial charge in [0.25, 0.3) is 0 Å². The van der Waals surface area contributed by atoms with Gasteiger partial charge >= 0.3 is 0 Å². The maximum Gasteiger partial charge on any atom is 0.240 e.